The van der Waals surface area contributed by atoms with Crippen molar-refractivity contribution >= 4 is 51.3 Å². The van der Waals surface area contributed by atoms with Crippen LogP contribution in [0.15, 0.2) is 169 Å². The van der Waals surface area contributed by atoms with Crippen molar-refractivity contribution in [2.75, 3.05) is 6.61 Å². The molecule has 0 saturated carbocycles. The van der Waals surface area contributed by atoms with Crippen LogP contribution in [0, 0.1) is 0 Å². The van der Waals surface area contributed by atoms with Gasteiger partial charge in [-0.15, -0.1) is 0 Å². The average molecular weight is 584 g/mol. The summed E-state index contributed by atoms with van der Waals surface area (Å²) in [6.07, 6.45) is 0. The van der Waals surface area contributed by atoms with E-state index in [2.05, 4.69) is 146 Å². The molecule has 2 nitrogen and oxygen atoms in total. The second-order valence-electron chi connectivity index (χ2n) is 11.1. The molecule has 210 valence electrons. The average Bonchev–Trinajstić information content (AvgIpc) is 3.60. The highest BCUT2D eigenvalue weighted by Crippen LogP contribution is 2.45. The Morgan fingerprint density at radius 1 is 0.500 bits per heavy atom. The van der Waals surface area contributed by atoms with E-state index in [-0.39, 0.29) is 6.04 Å². The SMILES string of the molecule is c1ccc(C2=N[C@@H](c3ccc4ccccc4c3-c3c(P(c4ccccc4)c4ccccc4)ccc4ccccc34)CO2)cc1. The fourth-order valence-corrected chi connectivity index (χ4v) is 8.88. The van der Waals surface area contributed by atoms with Crippen molar-refractivity contribution in [3.8, 4) is 11.1 Å². The fourth-order valence-electron chi connectivity index (χ4n) is 6.41. The van der Waals surface area contributed by atoms with Crippen molar-refractivity contribution < 1.29 is 4.74 Å². The lowest BCUT2D eigenvalue weighted by molar-refractivity contribution is 0.320. The molecule has 0 unspecified atom stereocenters. The standard InChI is InChI=1S/C41H30NOP/c1-4-16-31(17-5-1)41-42-37(28-43-41)36-26-24-29-14-10-12-22-34(29)39(36)40-35-23-13-11-15-30(35)25-27-38(40)44(32-18-6-2-7-19-32)33-20-8-3-9-21-33/h1-27,37H,28H2/t37-/m1/s1. The minimum Gasteiger partial charge on any atom is -0.475 e. The molecule has 3 heteroatoms. The fraction of sp³-hybridized carbons (Fsp3) is 0.0488. The zero-order chi connectivity index (χ0) is 29.3. The monoisotopic (exact) mass is 583 g/mol. The highest BCUT2D eigenvalue weighted by molar-refractivity contribution is 7.80. The Hall–Kier alpha value is -5.04. The van der Waals surface area contributed by atoms with Gasteiger partial charge in [0.25, 0.3) is 0 Å². The number of hydrogen-bond acceptors (Lipinski definition) is 2. The van der Waals surface area contributed by atoms with Gasteiger partial charge in [0.05, 0.1) is 0 Å². The molecule has 7 aromatic carbocycles. The number of hydrogen-bond donors (Lipinski definition) is 0. The maximum Gasteiger partial charge on any atom is 0.216 e. The zero-order valence-corrected chi connectivity index (χ0v) is 25.1. The van der Waals surface area contributed by atoms with E-state index in [4.69, 9.17) is 9.73 Å². The number of ether oxygens (including phenoxy) is 1. The second-order valence-corrected chi connectivity index (χ2v) is 13.3. The van der Waals surface area contributed by atoms with Gasteiger partial charge in [-0.2, -0.15) is 0 Å². The lowest BCUT2D eigenvalue weighted by Gasteiger charge is -2.26. The van der Waals surface area contributed by atoms with Gasteiger partial charge in [-0.1, -0.05) is 152 Å². The Balaban J connectivity index is 1.44. The van der Waals surface area contributed by atoms with Crippen LogP contribution in [0.5, 0.6) is 0 Å². The maximum absolute atomic E-state index is 6.27. The van der Waals surface area contributed by atoms with Gasteiger partial charge in [0, 0.05) is 5.56 Å². The molecule has 0 aromatic heterocycles. The van der Waals surface area contributed by atoms with Crippen LogP contribution in [0.3, 0.4) is 0 Å². The molecular formula is C41H30NOP. The second kappa shape index (κ2) is 11.6. The molecule has 0 bridgehead atoms. The third-order valence-electron chi connectivity index (χ3n) is 8.42. The highest BCUT2D eigenvalue weighted by Gasteiger charge is 2.29. The third-order valence-corrected chi connectivity index (χ3v) is 10.9. The van der Waals surface area contributed by atoms with Crippen molar-refractivity contribution in [1.82, 2.24) is 0 Å². The molecule has 0 saturated heterocycles. The molecule has 0 N–H and O–H groups in total. The number of nitrogens with zero attached hydrogens (tertiary/aromatic N) is 1. The van der Waals surface area contributed by atoms with Crippen molar-refractivity contribution in [3.05, 3.63) is 175 Å². The lowest BCUT2D eigenvalue weighted by atomic mass is 9.87. The first-order chi connectivity index (χ1) is 21.8. The van der Waals surface area contributed by atoms with E-state index in [1.807, 2.05) is 18.2 Å². The number of rotatable bonds is 6. The van der Waals surface area contributed by atoms with Gasteiger partial charge in [-0.3, -0.25) is 0 Å². The van der Waals surface area contributed by atoms with Crippen LogP contribution >= 0.6 is 7.92 Å². The molecule has 1 heterocycles. The first-order valence-corrected chi connectivity index (χ1v) is 16.4. The molecular weight excluding hydrogens is 553 g/mol. The van der Waals surface area contributed by atoms with E-state index >= 15 is 0 Å². The number of fused-ring (bicyclic) bond motifs is 2. The van der Waals surface area contributed by atoms with Crippen LogP contribution in [0.2, 0.25) is 0 Å². The Morgan fingerprint density at radius 2 is 1.02 bits per heavy atom. The van der Waals surface area contributed by atoms with Gasteiger partial charge >= 0.3 is 0 Å². The summed E-state index contributed by atoms with van der Waals surface area (Å²) in [7, 11) is -0.856. The Morgan fingerprint density at radius 3 is 1.66 bits per heavy atom. The maximum atomic E-state index is 6.27. The van der Waals surface area contributed by atoms with Gasteiger partial charge in [-0.05, 0) is 74.2 Å². The first-order valence-electron chi connectivity index (χ1n) is 15.1. The molecule has 0 aliphatic carbocycles. The van der Waals surface area contributed by atoms with Crippen molar-refractivity contribution in [3.63, 3.8) is 0 Å². The topological polar surface area (TPSA) is 21.6 Å². The lowest BCUT2D eigenvalue weighted by Crippen LogP contribution is -2.22. The normalized spacial score (nSPS) is 14.6. The van der Waals surface area contributed by atoms with Crippen LogP contribution in [0.1, 0.15) is 17.2 Å². The predicted molar refractivity (Wildman–Crippen MR) is 187 cm³/mol. The van der Waals surface area contributed by atoms with Gasteiger partial charge < -0.3 is 4.74 Å². The summed E-state index contributed by atoms with van der Waals surface area (Å²) >= 11 is 0. The summed E-state index contributed by atoms with van der Waals surface area (Å²) in [5.41, 5.74) is 4.75. The largest absolute Gasteiger partial charge is 0.475 e. The Bertz CT molecular complexity index is 2080. The molecule has 0 fully saturated rings. The molecule has 44 heavy (non-hydrogen) atoms. The van der Waals surface area contributed by atoms with Crippen LogP contribution < -0.4 is 15.9 Å². The smallest absolute Gasteiger partial charge is 0.216 e. The number of aliphatic imine (C=N–C) groups is 1. The van der Waals surface area contributed by atoms with Crippen molar-refractivity contribution in [2.24, 2.45) is 4.99 Å². The van der Waals surface area contributed by atoms with Gasteiger partial charge in [0.15, 0.2) is 0 Å². The molecule has 8 rings (SSSR count). The molecule has 7 aromatic rings. The van der Waals surface area contributed by atoms with Crippen molar-refractivity contribution in [2.45, 2.75) is 6.04 Å². The molecule has 0 spiro atoms. The van der Waals surface area contributed by atoms with E-state index in [1.54, 1.807) is 0 Å². The predicted octanol–water partition coefficient (Wildman–Crippen LogP) is 8.94. The van der Waals surface area contributed by atoms with Crippen LogP contribution in [0.4, 0.5) is 0 Å². The Kier molecular flexibility index (Phi) is 6.99. The summed E-state index contributed by atoms with van der Waals surface area (Å²) in [5.74, 6) is 0.712. The summed E-state index contributed by atoms with van der Waals surface area (Å²) in [6.45, 7) is 0.516. The molecule has 1 aliphatic heterocycles. The van der Waals surface area contributed by atoms with Gasteiger partial charge in [0.1, 0.15) is 12.6 Å². The van der Waals surface area contributed by atoms with Crippen LogP contribution in [0.25, 0.3) is 32.7 Å². The molecule has 1 aliphatic rings. The van der Waals surface area contributed by atoms with Crippen molar-refractivity contribution in [1.29, 1.82) is 0 Å². The minimum absolute atomic E-state index is 0.115. The summed E-state index contributed by atoms with van der Waals surface area (Å²) < 4.78 is 6.27. The van der Waals surface area contributed by atoms with Crippen LogP contribution in [-0.2, 0) is 4.74 Å². The molecule has 0 radical (unpaired) electrons. The Labute approximate surface area is 259 Å². The van der Waals surface area contributed by atoms with Gasteiger partial charge in [0.2, 0.25) is 5.90 Å². The zero-order valence-electron chi connectivity index (χ0n) is 24.2. The highest BCUT2D eigenvalue weighted by atomic mass is 31.1. The summed E-state index contributed by atoms with van der Waals surface area (Å²) in [6, 6.07) is 58.9. The van der Waals surface area contributed by atoms with Gasteiger partial charge in [-0.25, -0.2) is 4.99 Å². The first kappa shape index (κ1) is 26.6. The minimum atomic E-state index is -0.856. The third kappa shape index (κ3) is 4.78. The van der Waals surface area contributed by atoms with E-state index in [0.29, 0.717) is 12.5 Å². The number of benzene rings is 7. The van der Waals surface area contributed by atoms with E-state index in [1.165, 1.54) is 54.1 Å². The van der Waals surface area contributed by atoms with E-state index in [9.17, 15) is 0 Å². The summed E-state index contributed by atoms with van der Waals surface area (Å²) in [5, 5.41) is 8.97. The summed E-state index contributed by atoms with van der Waals surface area (Å²) in [4.78, 5) is 5.19. The van der Waals surface area contributed by atoms with Crippen LogP contribution in [-0.4, -0.2) is 12.5 Å². The molecule has 0 amide bonds. The van der Waals surface area contributed by atoms with E-state index in [0.717, 1.165) is 5.56 Å². The van der Waals surface area contributed by atoms with E-state index < -0.39 is 7.92 Å². The quantitative estimate of drug-likeness (QED) is 0.179. The molecule has 1 atom stereocenters.